The summed E-state index contributed by atoms with van der Waals surface area (Å²) < 4.78 is 14.0. The fraction of sp³-hybridized carbons (Fsp3) is 0.619. The third-order valence-corrected chi connectivity index (χ3v) is 6.75. The average molecular weight is 374 g/mol. The number of amides is 1. The van der Waals surface area contributed by atoms with Gasteiger partial charge in [0.15, 0.2) is 0 Å². The van der Waals surface area contributed by atoms with E-state index >= 15 is 0 Å². The monoisotopic (exact) mass is 374 g/mol. The number of carbonyl (C=O) groups is 2. The molecule has 1 aromatic rings. The number of rotatable bonds is 5. The van der Waals surface area contributed by atoms with Gasteiger partial charge in [0.05, 0.1) is 0 Å². The molecule has 3 fully saturated rings. The van der Waals surface area contributed by atoms with E-state index in [0.29, 0.717) is 44.1 Å². The molecule has 4 rings (SSSR count). The number of hydrogen-bond acceptors (Lipinski definition) is 3. The maximum Gasteiger partial charge on any atom is 0.313 e. The van der Waals surface area contributed by atoms with Gasteiger partial charge < -0.3 is 10.0 Å². The molecule has 2 aliphatic heterocycles. The molecular weight excluding hydrogens is 347 g/mol. The van der Waals surface area contributed by atoms with Crippen molar-refractivity contribution in [2.45, 2.75) is 38.6 Å². The van der Waals surface area contributed by atoms with E-state index in [-0.39, 0.29) is 24.2 Å². The van der Waals surface area contributed by atoms with Gasteiger partial charge >= 0.3 is 5.97 Å². The van der Waals surface area contributed by atoms with Crippen LogP contribution in [0.15, 0.2) is 24.3 Å². The number of carboxylic acids is 1. The van der Waals surface area contributed by atoms with Gasteiger partial charge in [-0.1, -0.05) is 31.0 Å². The van der Waals surface area contributed by atoms with Crippen LogP contribution >= 0.6 is 0 Å². The number of nitrogens with zero attached hydrogens (tertiary/aromatic N) is 2. The minimum absolute atomic E-state index is 0.0886. The van der Waals surface area contributed by atoms with Crippen LogP contribution in [-0.2, 0) is 16.1 Å². The highest BCUT2D eigenvalue weighted by atomic mass is 19.1. The summed E-state index contributed by atoms with van der Waals surface area (Å²) in [5.74, 6) is -0.602. The van der Waals surface area contributed by atoms with Crippen molar-refractivity contribution in [2.75, 3.05) is 26.2 Å². The molecule has 1 saturated carbocycles. The van der Waals surface area contributed by atoms with Gasteiger partial charge in [-0.3, -0.25) is 14.5 Å². The lowest BCUT2D eigenvalue weighted by Gasteiger charge is -2.26. The van der Waals surface area contributed by atoms with Crippen LogP contribution in [-0.4, -0.2) is 53.0 Å². The predicted octanol–water partition coefficient (Wildman–Crippen LogP) is 2.75. The van der Waals surface area contributed by atoms with Gasteiger partial charge in [0.2, 0.25) is 5.91 Å². The number of carboxylic acid groups (broad SMARTS) is 1. The highest BCUT2D eigenvalue weighted by Gasteiger charge is 2.58. The van der Waals surface area contributed by atoms with Gasteiger partial charge in [-0.15, -0.1) is 0 Å². The van der Waals surface area contributed by atoms with Crippen molar-refractivity contribution < 1.29 is 19.1 Å². The molecule has 27 heavy (non-hydrogen) atoms. The zero-order chi connectivity index (χ0) is 19.0. The molecule has 6 heteroatoms. The van der Waals surface area contributed by atoms with Gasteiger partial charge in [0, 0.05) is 50.6 Å². The van der Waals surface area contributed by atoms with Crippen molar-refractivity contribution in [1.82, 2.24) is 9.80 Å². The zero-order valence-corrected chi connectivity index (χ0v) is 15.6. The molecule has 5 nitrogen and oxygen atoms in total. The summed E-state index contributed by atoms with van der Waals surface area (Å²) in [6, 6.07) is 6.63. The average Bonchev–Trinajstić information content (AvgIpc) is 3.31. The Hall–Kier alpha value is -1.95. The van der Waals surface area contributed by atoms with Crippen LogP contribution in [0, 0.1) is 23.1 Å². The first-order valence-corrected chi connectivity index (χ1v) is 9.95. The maximum absolute atomic E-state index is 14.0. The van der Waals surface area contributed by atoms with E-state index in [1.165, 1.54) is 18.9 Å². The Kier molecular flexibility index (Phi) is 4.93. The number of benzene rings is 1. The van der Waals surface area contributed by atoms with Gasteiger partial charge in [-0.2, -0.15) is 0 Å². The Labute approximate surface area is 159 Å². The lowest BCUT2D eigenvalue weighted by Crippen LogP contribution is -2.42. The molecule has 1 aliphatic carbocycles. The lowest BCUT2D eigenvalue weighted by atomic mass is 9.81. The van der Waals surface area contributed by atoms with Crippen LogP contribution in [0.2, 0.25) is 0 Å². The van der Waals surface area contributed by atoms with E-state index in [0.717, 1.165) is 12.8 Å². The molecule has 3 aliphatic rings. The number of carbonyl (C=O) groups excluding carboxylic acids is 1. The van der Waals surface area contributed by atoms with Gasteiger partial charge in [0.1, 0.15) is 11.2 Å². The third kappa shape index (κ3) is 3.47. The third-order valence-electron chi connectivity index (χ3n) is 6.75. The summed E-state index contributed by atoms with van der Waals surface area (Å²) in [6.45, 7) is 2.16. The quantitative estimate of drug-likeness (QED) is 0.861. The lowest BCUT2D eigenvalue weighted by molar-refractivity contribution is -0.149. The number of hydrogen-bond donors (Lipinski definition) is 1. The fourth-order valence-corrected chi connectivity index (χ4v) is 5.24. The first-order chi connectivity index (χ1) is 13.0. The largest absolute Gasteiger partial charge is 0.481 e. The van der Waals surface area contributed by atoms with Crippen LogP contribution in [0.4, 0.5) is 4.39 Å². The van der Waals surface area contributed by atoms with Gasteiger partial charge in [-0.05, 0) is 24.8 Å². The Morgan fingerprint density at radius 2 is 1.89 bits per heavy atom. The highest BCUT2D eigenvalue weighted by Crippen LogP contribution is 2.44. The van der Waals surface area contributed by atoms with Gasteiger partial charge in [-0.25, -0.2) is 4.39 Å². The maximum atomic E-state index is 14.0. The number of halogens is 1. The molecule has 2 heterocycles. The van der Waals surface area contributed by atoms with Crippen molar-refractivity contribution >= 4 is 11.9 Å². The second-order valence-electron chi connectivity index (χ2n) is 8.55. The molecule has 0 bridgehead atoms. The van der Waals surface area contributed by atoms with Gasteiger partial charge in [0.25, 0.3) is 0 Å². The number of aliphatic carboxylic acids is 1. The summed E-state index contributed by atoms with van der Waals surface area (Å²) >= 11 is 0. The van der Waals surface area contributed by atoms with Crippen LogP contribution in [0.5, 0.6) is 0 Å². The van der Waals surface area contributed by atoms with E-state index in [1.54, 1.807) is 23.1 Å². The molecule has 1 aromatic carbocycles. The van der Waals surface area contributed by atoms with E-state index in [9.17, 15) is 19.1 Å². The molecular formula is C21H27FN2O3. The molecule has 1 amide bonds. The molecule has 1 N–H and O–H groups in total. The number of likely N-dealkylation sites (tertiary alicyclic amines) is 2. The summed E-state index contributed by atoms with van der Waals surface area (Å²) in [5, 5.41) is 9.96. The SMILES string of the molecule is O=C(CC1CCCC1)N1CC2CN(Cc3ccccc3F)C[C@]2(C(=O)O)C1. The van der Waals surface area contributed by atoms with E-state index in [2.05, 4.69) is 0 Å². The molecule has 1 unspecified atom stereocenters. The zero-order valence-electron chi connectivity index (χ0n) is 15.6. The highest BCUT2D eigenvalue weighted by molar-refractivity contribution is 5.82. The van der Waals surface area contributed by atoms with E-state index < -0.39 is 11.4 Å². The number of fused-ring (bicyclic) bond motifs is 1. The summed E-state index contributed by atoms with van der Waals surface area (Å²) in [5.41, 5.74) is -0.330. The first kappa shape index (κ1) is 18.4. The molecule has 0 aromatic heterocycles. The minimum atomic E-state index is -0.920. The van der Waals surface area contributed by atoms with E-state index in [1.807, 2.05) is 4.90 Å². The van der Waals surface area contributed by atoms with Crippen molar-refractivity contribution in [3.05, 3.63) is 35.6 Å². The predicted molar refractivity (Wildman–Crippen MR) is 98.4 cm³/mol. The fourth-order valence-electron chi connectivity index (χ4n) is 5.24. The van der Waals surface area contributed by atoms with Crippen molar-refractivity contribution in [1.29, 1.82) is 0 Å². The van der Waals surface area contributed by atoms with Crippen molar-refractivity contribution in [2.24, 2.45) is 17.3 Å². The summed E-state index contributed by atoms with van der Waals surface area (Å²) in [4.78, 5) is 28.6. The standard InChI is InChI=1S/C21H27FN2O3/c22-18-8-4-3-7-16(18)10-23-11-17-12-24(14-21(17,13-23)20(26)27)19(25)9-15-5-1-2-6-15/h3-4,7-8,15,17H,1-2,5-6,9-14H2,(H,26,27)/t17?,21-/m0/s1. The molecule has 0 radical (unpaired) electrons. The Morgan fingerprint density at radius 3 is 2.56 bits per heavy atom. The van der Waals surface area contributed by atoms with E-state index in [4.69, 9.17) is 0 Å². The molecule has 146 valence electrons. The normalized spacial score (nSPS) is 28.6. The second-order valence-corrected chi connectivity index (χ2v) is 8.55. The Balaban J connectivity index is 1.43. The Bertz CT molecular complexity index is 734. The topological polar surface area (TPSA) is 60.9 Å². The van der Waals surface area contributed by atoms with Crippen LogP contribution in [0.3, 0.4) is 0 Å². The Morgan fingerprint density at radius 1 is 1.15 bits per heavy atom. The summed E-state index contributed by atoms with van der Waals surface area (Å²) in [6.07, 6.45) is 5.18. The molecule has 2 saturated heterocycles. The van der Waals surface area contributed by atoms with Crippen LogP contribution in [0.25, 0.3) is 0 Å². The van der Waals surface area contributed by atoms with Crippen molar-refractivity contribution in [3.8, 4) is 0 Å². The van der Waals surface area contributed by atoms with Crippen LogP contribution in [0.1, 0.15) is 37.7 Å². The van der Waals surface area contributed by atoms with Crippen molar-refractivity contribution in [3.63, 3.8) is 0 Å². The first-order valence-electron chi connectivity index (χ1n) is 9.95. The minimum Gasteiger partial charge on any atom is -0.481 e. The smallest absolute Gasteiger partial charge is 0.313 e. The second kappa shape index (κ2) is 7.23. The summed E-state index contributed by atoms with van der Waals surface area (Å²) in [7, 11) is 0. The molecule has 2 atom stereocenters. The molecule has 0 spiro atoms. The van der Waals surface area contributed by atoms with Crippen LogP contribution < -0.4 is 0 Å².